The molecule has 1 amide bonds. The molecule has 15 heavy (non-hydrogen) atoms. The molecule has 2 aromatic heterocycles. The third-order valence-corrected chi connectivity index (χ3v) is 2.64. The summed E-state index contributed by atoms with van der Waals surface area (Å²) in [6.07, 6.45) is 1.89. The van der Waals surface area contributed by atoms with Crippen LogP contribution in [0.2, 0.25) is 0 Å². The highest BCUT2D eigenvalue weighted by atomic mass is 16.1. The summed E-state index contributed by atoms with van der Waals surface area (Å²) < 4.78 is 1.75. The van der Waals surface area contributed by atoms with E-state index in [0.717, 1.165) is 16.8 Å². The van der Waals surface area contributed by atoms with Crippen molar-refractivity contribution >= 4 is 11.6 Å². The number of fused-ring (bicyclic) bond motifs is 1. The number of pyridine rings is 1. The Bertz CT molecular complexity index is 554. The number of rotatable bonds is 1. The van der Waals surface area contributed by atoms with Crippen LogP contribution in [0.4, 0.5) is 0 Å². The normalized spacial score (nSPS) is 10.9. The number of nitrogens with two attached hydrogens (primary N) is 1. The molecule has 0 bridgehead atoms. The Labute approximate surface area is 87.7 Å². The summed E-state index contributed by atoms with van der Waals surface area (Å²) in [4.78, 5) is 15.6. The summed E-state index contributed by atoms with van der Waals surface area (Å²) in [5.41, 5.74) is 9.49. The number of aryl methyl sites for hydroxylation is 3. The third-order valence-electron chi connectivity index (χ3n) is 2.64. The van der Waals surface area contributed by atoms with E-state index in [4.69, 9.17) is 5.73 Å². The highest BCUT2D eigenvalue weighted by molar-refractivity contribution is 5.93. The van der Waals surface area contributed by atoms with Crippen molar-refractivity contribution in [2.75, 3.05) is 0 Å². The van der Waals surface area contributed by atoms with E-state index < -0.39 is 5.91 Å². The quantitative estimate of drug-likeness (QED) is 0.760. The zero-order chi connectivity index (χ0) is 11.2. The number of aromatic nitrogens is 2. The van der Waals surface area contributed by atoms with Gasteiger partial charge in [0.25, 0.3) is 5.91 Å². The molecule has 0 aromatic carbocycles. The summed E-state index contributed by atoms with van der Waals surface area (Å²) in [5.74, 6) is -0.441. The molecule has 0 saturated carbocycles. The minimum Gasteiger partial charge on any atom is -0.364 e. The van der Waals surface area contributed by atoms with E-state index in [-0.39, 0.29) is 0 Å². The van der Waals surface area contributed by atoms with Gasteiger partial charge in [-0.05, 0) is 38.0 Å². The van der Waals surface area contributed by atoms with Crippen molar-refractivity contribution in [3.8, 4) is 0 Å². The van der Waals surface area contributed by atoms with Crippen molar-refractivity contribution in [1.29, 1.82) is 0 Å². The molecule has 78 valence electrons. The summed E-state index contributed by atoms with van der Waals surface area (Å²) in [6.45, 7) is 5.80. The number of carbonyl (C=O) groups is 1. The van der Waals surface area contributed by atoms with Crippen LogP contribution >= 0.6 is 0 Å². The monoisotopic (exact) mass is 203 g/mol. The van der Waals surface area contributed by atoms with E-state index in [0.29, 0.717) is 11.4 Å². The Morgan fingerprint density at radius 2 is 2.00 bits per heavy atom. The summed E-state index contributed by atoms with van der Waals surface area (Å²) >= 11 is 0. The molecule has 0 spiro atoms. The topological polar surface area (TPSA) is 60.4 Å². The SMILES string of the molecule is Cc1cc2nc(C)c(C(N)=O)n2cc1C. The zero-order valence-electron chi connectivity index (χ0n) is 9.03. The molecule has 0 aliphatic carbocycles. The molecule has 0 radical (unpaired) electrons. The molecule has 0 aliphatic rings. The number of hydrogen-bond acceptors (Lipinski definition) is 2. The average Bonchev–Trinajstić information content (AvgIpc) is 2.41. The molecule has 2 heterocycles. The van der Waals surface area contributed by atoms with Gasteiger partial charge >= 0.3 is 0 Å². The fourth-order valence-corrected chi connectivity index (χ4v) is 1.70. The van der Waals surface area contributed by atoms with E-state index >= 15 is 0 Å². The lowest BCUT2D eigenvalue weighted by Crippen LogP contribution is -2.15. The highest BCUT2D eigenvalue weighted by Gasteiger charge is 2.13. The number of imidazole rings is 1. The fraction of sp³-hybridized carbons (Fsp3) is 0.273. The Hall–Kier alpha value is -1.84. The van der Waals surface area contributed by atoms with Crippen molar-refractivity contribution < 1.29 is 4.79 Å². The van der Waals surface area contributed by atoms with Gasteiger partial charge in [-0.15, -0.1) is 0 Å². The van der Waals surface area contributed by atoms with Gasteiger partial charge < -0.3 is 5.73 Å². The first kappa shape index (κ1) is 9.71. The largest absolute Gasteiger partial charge is 0.364 e. The minimum absolute atomic E-state index is 0.441. The lowest BCUT2D eigenvalue weighted by atomic mass is 10.2. The smallest absolute Gasteiger partial charge is 0.267 e. The van der Waals surface area contributed by atoms with Crippen LogP contribution in [-0.4, -0.2) is 15.3 Å². The van der Waals surface area contributed by atoms with E-state index in [1.165, 1.54) is 0 Å². The molecular formula is C11H13N3O. The Balaban J connectivity index is 2.87. The Kier molecular flexibility index (Phi) is 2.00. The van der Waals surface area contributed by atoms with Crippen LogP contribution in [0.15, 0.2) is 12.3 Å². The summed E-state index contributed by atoms with van der Waals surface area (Å²) in [5, 5.41) is 0. The zero-order valence-corrected chi connectivity index (χ0v) is 9.03. The van der Waals surface area contributed by atoms with Crippen molar-refractivity contribution in [1.82, 2.24) is 9.38 Å². The van der Waals surface area contributed by atoms with E-state index in [2.05, 4.69) is 4.98 Å². The first-order valence-corrected chi connectivity index (χ1v) is 4.76. The van der Waals surface area contributed by atoms with E-state index in [1.807, 2.05) is 26.1 Å². The second kappa shape index (κ2) is 3.08. The van der Waals surface area contributed by atoms with Crippen molar-refractivity contribution in [2.24, 2.45) is 5.73 Å². The van der Waals surface area contributed by atoms with Crippen LogP contribution in [0.25, 0.3) is 5.65 Å². The van der Waals surface area contributed by atoms with Gasteiger partial charge in [0.15, 0.2) is 0 Å². The molecule has 4 heteroatoms. The Morgan fingerprint density at radius 3 is 2.60 bits per heavy atom. The maximum Gasteiger partial charge on any atom is 0.267 e. The predicted molar refractivity (Wildman–Crippen MR) is 57.9 cm³/mol. The molecule has 2 N–H and O–H groups in total. The number of primary amides is 1. The van der Waals surface area contributed by atoms with Crippen LogP contribution in [-0.2, 0) is 0 Å². The van der Waals surface area contributed by atoms with Crippen LogP contribution in [0.3, 0.4) is 0 Å². The molecule has 0 aliphatic heterocycles. The molecule has 4 nitrogen and oxygen atoms in total. The molecule has 2 aromatic rings. The molecule has 0 unspecified atom stereocenters. The van der Waals surface area contributed by atoms with Crippen LogP contribution in [0, 0.1) is 20.8 Å². The maximum absolute atomic E-state index is 11.3. The predicted octanol–water partition coefficient (Wildman–Crippen LogP) is 1.36. The second-order valence-electron chi connectivity index (χ2n) is 3.78. The molecule has 0 atom stereocenters. The lowest BCUT2D eigenvalue weighted by Gasteiger charge is -2.02. The second-order valence-corrected chi connectivity index (χ2v) is 3.78. The van der Waals surface area contributed by atoms with Crippen LogP contribution in [0.5, 0.6) is 0 Å². The van der Waals surface area contributed by atoms with Gasteiger partial charge in [0.05, 0.1) is 5.69 Å². The molecule has 0 fully saturated rings. The molecule has 0 saturated heterocycles. The minimum atomic E-state index is -0.441. The van der Waals surface area contributed by atoms with Crippen LogP contribution in [0.1, 0.15) is 27.3 Å². The van der Waals surface area contributed by atoms with Gasteiger partial charge in [0.2, 0.25) is 0 Å². The Morgan fingerprint density at radius 1 is 1.33 bits per heavy atom. The standard InChI is InChI=1S/C11H13N3O/c1-6-4-9-13-8(3)10(11(12)15)14(9)5-7(6)2/h4-5H,1-3H3,(H2,12,15). The number of hydrogen-bond donors (Lipinski definition) is 1. The molecular weight excluding hydrogens is 190 g/mol. The van der Waals surface area contributed by atoms with Gasteiger partial charge in [0, 0.05) is 6.20 Å². The average molecular weight is 203 g/mol. The van der Waals surface area contributed by atoms with Crippen molar-refractivity contribution in [2.45, 2.75) is 20.8 Å². The van der Waals surface area contributed by atoms with Crippen LogP contribution < -0.4 is 5.73 Å². The van der Waals surface area contributed by atoms with Gasteiger partial charge in [0.1, 0.15) is 11.3 Å². The van der Waals surface area contributed by atoms with Gasteiger partial charge in [-0.3, -0.25) is 9.20 Å². The number of carbonyl (C=O) groups excluding carboxylic acids is 1. The highest BCUT2D eigenvalue weighted by Crippen LogP contribution is 2.15. The fourth-order valence-electron chi connectivity index (χ4n) is 1.70. The molecule has 2 rings (SSSR count). The van der Waals surface area contributed by atoms with Gasteiger partial charge in [-0.25, -0.2) is 4.98 Å². The lowest BCUT2D eigenvalue weighted by molar-refractivity contribution is 0.0994. The third kappa shape index (κ3) is 1.38. The first-order chi connectivity index (χ1) is 7.00. The summed E-state index contributed by atoms with van der Waals surface area (Å²) in [6, 6.07) is 1.95. The van der Waals surface area contributed by atoms with Gasteiger partial charge in [-0.2, -0.15) is 0 Å². The van der Waals surface area contributed by atoms with E-state index in [9.17, 15) is 4.79 Å². The number of amides is 1. The van der Waals surface area contributed by atoms with Crippen molar-refractivity contribution in [3.05, 3.63) is 34.8 Å². The van der Waals surface area contributed by atoms with E-state index in [1.54, 1.807) is 11.3 Å². The van der Waals surface area contributed by atoms with Gasteiger partial charge in [-0.1, -0.05) is 0 Å². The maximum atomic E-state index is 11.3. The summed E-state index contributed by atoms with van der Waals surface area (Å²) in [7, 11) is 0. The first-order valence-electron chi connectivity index (χ1n) is 4.76. The van der Waals surface area contributed by atoms with Crippen molar-refractivity contribution in [3.63, 3.8) is 0 Å². The number of nitrogens with zero attached hydrogens (tertiary/aromatic N) is 2.